The molecule has 2 heterocycles. The molecule has 0 aromatic heterocycles. The first-order chi connectivity index (χ1) is 10.3. The van der Waals surface area contributed by atoms with Crippen LogP contribution < -0.4 is 0 Å². The lowest BCUT2D eigenvalue weighted by atomic mass is 9.99. The van der Waals surface area contributed by atoms with E-state index in [1.165, 1.54) is 6.92 Å². The number of aliphatic hydroxyl groups excluding tert-OH is 7. The Morgan fingerprint density at radius 1 is 0.955 bits per heavy atom. The number of hydrogen-bond donors (Lipinski definition) is 7. The molecule has 9 atom stereocenters. The van der Waals surface area contributed by atoms with Gasteiger partial charge in [-0.3, -0.25) is 0 Å². The molecule has 10 nitrogen and oxygen atoms in total. The van der Waals surface area contributed by atoms with Gasteiger partial charge in [0.15, 0.2) is 6.29 Å². The lowest BCUT2D eigenvalue weighted by molar-refractivity contribution is -0.380. The zero-order chi connectivity index (χ0) is 16.7. The monoisotopic (exact) mass is 326 g/mol. The van der Waals surface area contributed by atoms with E-state index in [-0.39, 0.29) is 0 Å². The van der Waals surface area contributed by atoms with Crippen LogP contribution in [0.3, 0.4) is 0 Å². The fraction of sp³-hybridized carbons (Fsp3) is 1.00. The third-order valence-electron chi connectivity index (χ3n) is 4.03. The minimum Gasteiger partial charge on any atom is -0.394 e. The van der Waals surface area contributed by atoms with Crippen molar-refractivity contribution in [2.24, 2.45) is 0 Å². The quantitative estimate of drug-likeness (QED) is 0.268. The smallest absolute Gasteiger partial charge is 0.224 e. The van der Waals surface area contributed by atoms with Crippen LogP contribution in [0, 0.1) is 0 Å². The molecule has 10 heteroatoms. The average Bonchev–Trinajstić information content (AvgIpc) is 2.75. The summed E-state index contributed by atoms with van der Waals surface area (Å²) in [6.07, 6.45) is -11.4. The molecule has 7 N–H and O–H groups in total. The lowest BCUT2D eigenvalue weighted by Gasteiger charge is -2.42. The van der Waals surface area contributed by atoms with Crippen molar-refractivity contribution >= 4 is 0 Å². The maximum Gasteiger partial charge on any atom is 0.224 e. The lowest BCUT2D eigenvalue weighted by Crippen LogP contribution is -2.61. The first-order valence-electron chi connectivity index (χ1n) is 6.90. The average molecular weight is 326 g/mol. The van der Waals surface area contributed by atoms with Gasteiger partial charge in [-0.2, -0.15) is 0 Å². The zero-order valence-corrected chi connectivity index (χ0v) is 11.9. The second kappa shape index (κ2) is 6.61. The van der Waals surface area contributed by atoms with Crippen LogP contribution in [0.5, 0.6) is 0 Å². The van der Waals surface area contributed by atoms with E-state index >= 15 is 0 Å². The Kier molecular flexibility index (Phi) is 5.39. The third-order valence-corrected chi connectivity index (χ3v) is 4.03. The van der Waals surface area contributed by atoms with E-state index in [1.807, 2.05) is 0 Å². The summed E-state index contributed by atoms with van der Waals surface area (Å²) in [4.78, 5) is 0. The van der Waals surface area contributed by atoms with E-state index in [2.05, 4.69) is 0 Å². The normalized spacial score (nSPS) is 52.9. The zero-order valence-electron chi connectivity index (χ0n) is 11.9. The SMILES string of the molecule is C[C@H]1O[C@H](O[C@]2(CO)O[C@H](CO)[C@@H](O)[C@@H]2O)[C@H](O)[C@@H](O)[C@@H]1O. The van der Waals surface area contributed by atoms with Gasteiger partial charge in [-0.15, -0.1) is 0 Å². The van der Waals surface area contributed by atoms with Crippen molar-refractivity contribution in [1.29, 1.82) is 0 Å². The molecule has 0 spiro atoms. The second-order valence-electron chi connectivity index (χ2n) is 5.54. The van der Waals surface area contributed by atoms with Gasteiger partial charge >= 0.3 is 0 Å². The summed E-state index contributed by atoms with van der Waals surface area (Å²) >= 11 is 0. The number of aliphatic hydroxyl groups is 7. The highest BCUT2D eigenvalue weighted by Crippen LogP contribution is 2.35. The van der Waals surface area contributed by atoms with Gasteiger partial charge in [-0.1, -0.05) is 0 Å². The second-order valence-corrected chi connectivity index (χ2v) is 5.54. The molecular weight excluding hydrogens is 304 g/mol. The van der Waals surface area contributed by atoms with Gasteiger partial charge in [-0.05, 0) is 6.92 Å². The molecule has 0 bridgehead atoms. The molecule has 0 radical (unpaired) electrons. The van der Waals surface area contributed by atoms with Crippen molar-refractivity contribution in [2.45, 2.75) is 61.7 Å². The van der Waals surface area contributed by atoms with E-state index in [0.717, 1.165) is 0 Å². The Labute approximate surface area is 126 Å². The summed E-state index contributed by atoms with van der Waals surface area (Å²) in [6, 6.07) is 0. The highest BCUT2D eigenvalue weighted by Gasteiger charge is 2.58. The van der Waals surface area contributed by atoms with Gasteiger partial charge in [0.25, 0.3) is 0 Å². The van der Waals surface area contributed by atoms with Crippen molar-refractivity contribution < 1.29 is 50.0 Å². The molecule has 0 unspecified atom stereocenters. The molecule has 2 fully saturated rings. The molecule has 2 rings (SSSR count). The number of ether oxygens (including phenoxy) is 3. The topological polar surface area (TPSA) is 169 Å². The van der Waals surface area contributed by atoms with Gasteiger partial charge < -0.3 is 50.0 Å². The maximum absolute atomic E-state index is 9.99. The number of hydrogen-bond acceptors (Lipinski definition) is 10. The highest BCUT2D eigenvalue weighted by atomic mass is 16.8. The van der Waals surface area contributed by atoms with Crippen molar-refractivity contribution in [3.63, 3.8) is 0 Å². The Bertz CT molecular complexity index is 381. The molecule has 22 heavy (non-hydrogen) atoms. The van der Waals surface area contributed by atoms with Gasteiger partial charge in [0, 0.05) is 0 Å². The van der Waals surface area contributed by atoms with Gasteiger partial charge in [0.2, 0.25) is 5.79 Å². The Hall–Kier alpha value is -0.400. The Morgan fingerprint density at radius 3 is 2.09 bits per heavy atom. The van der Waals surface area contributed by atoms with Crippen LogP contribution in [0.2, 0.25) is 0 Å². The molecular formula is C12H22O10. The summed E-state index contributed by atoms with van der Waals surface area (Å²) in [5.41, 5.74) is 0. The highest BCUT2D eigenvalue weighted by molar-refractivity contribution is 4.98. The van der Waals surface area contributed by atoms with Crippen molar-refractivity contribution in [3.8, 4) is 0 Å². The minimum absolute atomic E-state index is 0.630. The number of rotatable bonds is 4. The van der Waals surface area contributed by atoms with E-state index < -0.39 is 68.0 Å². The fourth-order valence-electron chi connectivity index (χ4n) is 2.58. The Morgan fingerprint density at radius 2 is 1.59 bits per heavy atom. The molecule has 2 aliphatic rings. The summed E-state index contributed by atoms with van der Waals surface area (Å²) in [7, 11) is 0. The molecule has 0 aromatic carbocycles. The van der Waals surface area contributed by atoms with Gasteiger partial charge in [0.1, 0.15) is 43.2 Å². The van der Waals surface area contributed by atoms with Crippen LogP contribution in [-0.2, 0) is 14.2 Å². The van der Waals surface area contributed by atoms with Crippen LogP contribution in [0.25, 0.3) is 0 Å². The molecule has 2 aliphatic heterocycles. The van der Waals surface area contributed by atoms with Crippen LogP contribution >= 0.6 is 0 Å². The van der Waals surface area contributed by atoms with Crippen molar-refractivity contribution in [2.75, 3.05) is 13.2 Å². The van der Waals surface area contributed by atoms with Crippen LogP contribution in [0.1, 0.15) is 6.92 Å². The summed E-state index contributed by atoms with van der Waals surface area (Å²) in [6.45, 7) is -0.102. The first-order valence-corrected chi connectivity index (χ1v) is 6.90. The van der Waals surface area contributed by atoms with E-state index in [4.69, 9.17) is 19.3 Å². The molecule has 0 amide bonds. The summed E-state index contributed by atoms with van der Waals surface area (Å²) in [5, 5.41) is 67.5. The first kappa shape index (κ1) is 17.9. The third kappa shape index (κ3) is 2.87. The van der Waals surface area contributed by atoms with Crippen LogP contribution in [-0.4, -0.2) is 104 Å². The van der Waals surface area contributed by atoms with Crippen molar-refractivity contribution in [3.05, 3.63) is 0 Å². The molecule has 0 saturated carbocycles. The van der Waals surface area contributed by atoms with Gasteiger partial charge in [0.05, 0.1) is 12.7 Å². The molecule has 2 saturated heterocycles. The summed E-state index contributed by atoms with van der Waals surface area (Å²) < 4.78 is 15.6. The molecule has 0 aliphatic carbocycles. The van der Waals surface area contributed by atoms with E-state index in [9.17, 15) is 30.6 Å². The van der Waals surface area contributed by atoms with Gasteiger partial charge in [-0.25, -0.2) is 0 Å². The molecule has 130 valence electrons. The largest absolute Gasteiger partial charge is 0.394 e. The standard InChI is InChI=1S/C12H22O10/c1-4-6(15)8(17)9(18)11(20-4)22-12(3-14)10(19)7(16)5(2-13)21-12/h4-11,13-19H,2-3H2,1H3/t4-,5-,6-,7-,8+,9-,10+,11-,12+/m1/s1. The molecule has 0 aromatic rings. The maximum atomic E-state index is 9.99. The van der Waals surface area contributed by atoms with E-state index in [0.29, 0.717) is 0 Å². The summed E-state index contributed by atoms with van der Waals surface area (Å²) in [5.74, 6) is -2.14. The predicted octanol–water partition coefficient (Wildman–Crippen LogP) is -4.37. The minimum atomic E-state index is -2.14. The van der Waals surface area contributed by atoms with E-state index in [1.54, 1.807) is 0 Å². The van der Waals surface area contributed by atoms with Crippen molar-refractivity contribution in [1.82, 2.24) is 0 Å². The predicted molar refractivity (Wildman–Crippen MR) is 67.2 cm³/mol. The Balaban J connectivity index is 2.16. The van der Waals surface area contributed by atoms with Crippen LogP contribution in [0.4, 0.5) is 0 Å². The van der Waals surface area contributed by atoms with Crippen LogP contribution in [0.15, 0.2) is 0 Å². The fourth-order valence-corrected chi connectivity index (χ4v) is 2.58.